The summed E-state index contributed by atoms with van der Waals surface area (Å²) in [4.78, 5) is 28.0. The molecule has 1 N–H and O–H groups in total. The Morgan fingerprint density at radius 3 is 2.47 bits per heavy atom. The predicted molar refractivity (Wildman–Crippen MR) is 138 cm³/mol. The molecular formula is C26H19Cl2N3O2S. The molecule has 1 atom stereocenters. The second-order valence-corrected chi connectivity index (χ2v) is 9.70. The van der Waals surface area contributed by atoms with E-state index < -0.39 is 11.2 Å². The van der Waals surface area contributed by atoms with Crippen LogP contribution in [0.1, 0.15) is 11.1 Å². The van der Waals surface area contributed by atoms with Crippen molar-refractivity contribution in [3.8, 4) is 6.07 Å². The number of nitrogens with zero attached hydrogens (tertiary/aromatic N) is 2. The molecule has 0 aliphatic carbocycles. The fraction of sp³-hybridized carbons (Fsp3) is 0.115. The van der Waals surface area contributed by atoms with Crippen LogP contribution in [0.4, 0.5) is 11.4 Å². The molecule has 1 heterocycles. The van der Waals surface area contributed by atoms with E-state index in [1.807, 2.05) is 31.2 Å². The molecule has 1 unspecified atom stereocenters. The van der Waals surface area contributed by atoms with Crippen LogP contribution in [0.2, 0.25) is 10.0 Å². The largest absolute Gasteiger partial charge is 0.321 e. The maximum atomic E-state index is 13.5. The van der Waals surface area contributed by atoms with E-state index >= 15 is 0 Å². The number of thioether (sulfide) groups is 1. The molecule has 0 bridgehead atoms. The molecule has 2 amide bonds. The van der Waals surface area contributed by atoms with Gasteiger partial charge >= 0.3 is 0 Å². The van der Waals surface area contributed by atoms with Crippen molar-refractivity contribution in [1.82, 2.24) is 0 Å². The Hall–Kier alpha value is -3.24. The molecule has 1 fully saturated rings. The maximum absolute atomic E-state index is 13.5. The predicted octanol–water partition coefficient (Wildman–Crippen LogP) is 6.37. The number of carbonyl (C=O) groups excluding carboxylic acids is 2. The fourth-order valence-electron chi connectivity index (χ4n) is 3.53. The second kappa shape index (κ2) is 10.4. The minimum atomic E-state index is -0.582. The van der Waals surface area contributed by atoms with Gasteiger partial charge in [0.25, 0.3) is 5.91 Å². The minimum Gasteiger partial charge on any atom is -0.321 e. The van der Waals surface area contributed by atoms with E-state index in [-0.39, 0.29) is 16.5 Å². The van der Waals surface area contributed by atoms with E-state index in [2.05, 4.69) is 5.32 Å². The van der Waals surface area contributed by atoms with Gasteiger partial charge in [0.1, 0.15) is 16.7 Å². The average molecular weight is 508 g/mol. The van der Waals surface area contributed by atoms with Crippen LogP contribution in [0.3, 0.4) is 0 Å². The number of benzene rings is 3. The number of rotatable bonds is 5. The number of aryl methyl sites for hydroxylation is 1. The van der Waals surface area contributed by atoms with Crippen molar-refractivity contribution >= 4 is 58.2 Å². The molecule has 170 valence electrons. The van der Waals surface area contributed by atoms with Gasteiger partial charge in [-0.15, -0.1) is 0 Å². The quantitative estimate of drug-likeness (QED) is 0.321. The molecule has 3 aromatic rings. The van der Waals surface area contributed by atoms with Crippen LogP contribution in [0.25, 0.3) is 0 Å². The second-order valence-electron chi connectivity index (χ2n) is 7.67. The van der Waals surface area contributed by atoms with Crippen LogP contribution in [0, 0.1) is 18.3 Å². The summed E-state index contributed by atoms with van der Waals surface area (Å²) in [5.74, 6) is -0.817. The van der Waals surface area contributed by atoms with Crippen molar-refractivity contribution in [1.29, 1.82) is 5.26 Å². The van der Waals surface area contributed by atoms with E-state index in [0.717, 1.165) is 11.1 Å². The normalized spacial score (nSPS) is 16.8. The molecule has 4 rings (SSSR count). The number of para-hydroxylation sites is 1. The number of halogens is 2. The lowest BCUT2D eigenvalue weighted by molar-refractivity contribution is -0.117. The molecule has 0 saturated carbocycles. The SMILES string of the molecule is Cc1ccc(NC(=O)C(C#N)=C2SC(Cc3cc(Cl)ccc3Cl)C(=O)N2c2ccccc2)cc1. The Bertz CT molecular complexity index is 1320. The minimum absolute atomic E-state index is 0.137. The van der Waals surface area contributed by atoms with Crippen LogP contribution in [0.15, 0.2) is 83.4 Å². The van der Waals surface area contributed by atoms with Crippen LogP contribution < -0.4 is 10.2 Å². The van der Waals surface area contributed by atoms with Crippen LogP contribution in [0.5, 0.6) is 0 Å². The van der Waals surface area contributed by atoms with Gasteiger partial charge in [-0.1, -0.05) is 70.9 Å². The summed E-state index contributed by atoms with van der Waals surface area (Å²) in [5, 5.41) is 13.4. The zero-order valence-electron chi connectivity index (χ0n) is 18.1. The number of hydrogen-bond donors (Lipinski definition) is 1. The lowest BCUT2D eigenvalue weighted by atomic mass is 10.1. The molecule has 1 aliphatic rings. The third-order valence-electron chi connectivity index (χ3n) is 5.24. The Labute approximate surface area is 212 Å². The molecule has 8 heteroatoms. The van der Waals surface area contributed by atoms with E-state index in [0.29, 0.717) is 27.8 Å². The van der Waals surface area contributed by atoms with Crippen molar-refractivity contribution in [3.05, 3.63) is 105 Å². The number of carbonyl (C=O) groups is 2. The first-order valence-electron chi connectivity index (χ1n) is 10.4. The van der Waals surface area contributed by atoms with Crippen LogP contribution in [-0.2, 0) is 16.0 Å². The molecule has 0 spiro atoms. The Balaban J connectivity index is 1.72. The van der Waals surface area contributed by atoms with Crippen molar-refractivity contribution in [2.75, 3.05) is 10.2 Å². The van der Waals surface area contributed by atoms with E-state index in [4.69, 9.17) is 23.2 Å². The topological polar surface area (TPSA) is 73.2 Å². The molecule has 1 saturated heterocycles. The summed E-state index contributed by atoms with van der Waals surface area (Å²) in [5.41, 5.74) is 2.77. The standard InChI is InChI=1S/C26H19Cl2N3O2S/c1-16-7-10-19(11-8-16)30-24(32)21(15-29)26-31(20-5-3-2-4-6-20)25(33)23(34-26)14-17-13-18(27)9-12-22(17)28/h2-13,23H,14H2,1H3,(H,30,32). The molecule has 0 radical (unpaired) electrons. The highest BCUT2D eigenvalue weighted by Gasteiger charge is 2.41. The average Bonchev–Trinajstić information content (AvgIpc) is 3.14. The van der Waals surface area contributed by atoms with Gasteiger partial charge in [0.05, 0.1) is 5.25 Å². The number of nitriles is 1. The number of hydrogen-bond acceptors (Lipinski definition) is 4. The van der Waals surface area contributed by atoms with E-state index in [1.54, 1.807) is 54.6 Å². The lowest BCUT2D eigenvalue weighted by Crippen LogP contribution is -2.30. The van der Waals surface area contributed by atoms with Gasteiger partial charge in [-0.3, -0.25) is 14.5 Å². The Morgan fingerprint density at radius 1 is 1.09 bits per heavy atom. The van der Waals surface area contributed by atoms with Crippen molar-refractivity contribution < 1.29 is 9.59 Å². The smallest absolute Gasteiger partial charge is 0.269 e. The summed E-state index contributed by atoms with van der Waals surface area (Å²) in [6, 6.07) is 23.3. The fourth-order valence-corrected chi connectivity index (χ4v) is 5.21. The van der Waals surface area contributed by atoms with Gasteiger partial charge in [0.15, 0.2) is 0 Å². The first kappa shape index (κ1) is 23.9. The van der Waals surface area contributed by atoms with Gasteiger partial charge in [-0.2, -0.15) is 5.26 Å². The summed E-state index contributed by atoms with van der Waals surface area (Å²) in [6.45, 7) is 1.94. The lowest BCUT2D eigenvalue weighted by Gasteiger charge is -2.18. The number of amides is 2. The van der Waals surface area contributed by atoms with E-state index in [1.165, 1.54) is 16.7 Å². The summed E-state index contributed by atoms with van der Waals surface area (Å²) < 4.78 is 0. The van der Waals surface area contributed by atoms with Crippen LogP contribution >= 0.6 is 35.0 Å². The third kappa shape index (κ3) is 5.13. The van der Waals surface area contributed by atoms with Crippen LogP contribution in [-0.4, -0.2) is 17.1 Å². The third-order valence-corrected chi connectivity index (χ3v) is 7.11. The molecule has 5 nitrogen and oxygen atoms in total. The maximum Gasteiger partial charge on any atom is 0.269 e. The molecule has 34 heavy (non-hydrogen) atoms. The highest BCUT2D eigenvalue weighted by Crippen LogP contribution is 2.42. The summed E-state index contributed by atoms with van der Waals surface area (Å²) in [6.07, 6.45) is 0.300. The molecule has 0 aromatic heterocycles. The Kier molecular flexibility index (Phi) is 7.28. The van der Waals surface area contributed by atoms with Crippen molar-refractivity contribution in [2.45, 2.75) is 18.6 Å². The molecule has 1 aliphatic heterocycles. The van der Waals surface area contributed by atoms with Gasteiger partial charge in [0.2, 0.25) is 5.91 Å². The monoisotopic (exact) mass is 507 g/mol. The number of nitrogens with one attached hydrogen (secondary N) is 1. The number of anilines is 2. The first-order chi connectivity index (χ1) is 16.4. The first-order valence-corrected chi connectivity index (χ1v) is 12.0. The Morgan fingerprint density at radius 2 is 1.79 bits per heavy atom. The van der Waals surface area contributed by atoms with Gasteiger partial charge in [-0.05, 0) is 61.4 Å². The summed E-state index contributed by atoms with van der Waals surface area (Å²) in [7, 11) is 0. The van der Waals surface area contributed by atoms with Crippen molar-refractivity contribution in [2.24, 2.45) is 0 Å². The zero-order valence-corrected chi connectivity index (χ0v) is 20.4. The van der Waals surface area contributed by atoms with Gasteiger partial charge < -0.3 is 5.32 Å². The zero-order chi connectivity index (χ0) is 24.2. The van der Waals surface area contributed by atoms with Gasteiger partial charge in [-0.25, -0.2) is 0 Å². The van der Waals surface area contributed by atoms with Crippen molar-refractivity contribution in [3.63, 3.8) is 0 Å². The highest BCUT2D eigenvalue weighted by molar-refractivity contribution is 8.05. The molecular weight excluding hydrogens is 489 g/mol. The molecule has 3 aromatic carbocycles. The summed E-state index contributed by atoms with van der Waals surface area (Å²) >= 11 is 13.6. The highest BCUT2D eigenvalue weighted by atomic mass is 35.5. The van der Waals surface area contributed by atoms with E-state index in [9.17, 15) is 14.9 Å². The van der Waals surface area contributed by atoms with Gasteiger partial charge in [0, 0.05) is 21.4 Å².